The third-order valence-corrected chi connectivity index (χ3v) is 10.5. The molecule has 4 rings (SSSR count). The molecule has 18 heteroatoms. The van der Waals surface area contributed by atoms with Crippen molar-refractivity contribution < 1.29 is 29.0 Å². The number of carbonyl (C=O) groups excluding carboxylic acids is 3. The molecule has 4 heterocycles. The lowest BCUT2D eigenvalue weighted by Crippen LogP contribution is -2.70. The number of aromatic nitrogens is 4. The van der Waals surface area contributed by atoms with E-state index in [1.807, 2.05) is 6.92 Å². The molecule has 2 aliphatic heterocycles. The Morgan fingerprint density at radius 2 is 1.85 bits per heavy atom. The molecule has 2 atom stereocenters. The molecule has 2 aromatic rings. The number of amides is 3. The van der Waals surface area contributed by atoms with Crippen molar-refractivity contribution in [2.45, 2.75) is 59.9 Å². The first-order valence-corrected chi connectivity index (χ1v) is 16.1. The van der Waals surface area contributed by atoms with E-state index in [-0.39, 0.29) is 23.9 Å². The first-order valence-electron chi connectivity index (χ1n) is 11.5. The van der Waals surface area contributed by atoms with Crippen LogP contribution in [0.2, 0.25) is 0 Å². The predicted octanol–water partition coefficient (Wildman–Crippen LogP) is 2.35. The molecule has 0 spiro atoms. The van der Waals surface area contributed by atoms with E-state index in [1.54, 1.807) is 20.8 Å². The number of carboxylic acid groups (broad SMARTS) is 1. The molecule has 0 radical (unpaired) electrons. The number of ether oxygens (including phenoxy) is 1. The standard InChI is InChI=1S/C21H25N7O6S5/c1-9-24-26-19(38-9)36-7-10-6-35-16-13(15(30)28(16)14(10)17(31)32)23-11(29)8-37-20-27-25-12(39-20)5-22-18(33)34-21(2,3)4/h13,16H,5-8H2,1-4H3,(H,22,33)(H,23,29)(H,31,32)/t13?,16-/m1/s1. The van der Waals surface area contributed by atoms with E-state index in [1.165, 1.54) is 51.1 Å². The van der Waals surface area contributed by atoms with Gasteiger partial charge in [-0.1, -0.05) is 46.2 Å². The largest absolute Gasteiger partial charge is 0.477 e. The summed E-state index contributed by atoms with van der Waals surface area (Å²) in [6.07, 6.45) is -0.565. The van der Waals surface area contributed by atoms with Gasteiger partial charge < -0.3 is 20.5 Å². The number of hydrogen-bond acceptors (Lipinski definition) is 14. The van der Waals surface area contributed by atoms with Gasteiger partial charge in [-0.2, -0.15) is 0 Å². The summed E-state index contributed by atoms with van der Waals surface area (Å²) in [6.45, 7) is 7.28. The van der Waals surface area contributed by atoms with Gasteiger partial charge in [0.25, 0.3) is 5.91 Å². The van der Waals surface area contributed by atoms with Crippen molar-refractivity contribution in [3.63, 3.8) is 0 Å². The number of rotatable bonds is 10. The zero-order chi connectivity index (χ0) is 28.3. The number of aryl methyl sites for hydroxylation is 1. The summed E-state index contributed by atoms with van der Waals surface area (Å²) >= 11 is 6.61. The van der Waals surface area contributed by atoms with Crippen LogP contribution < -0.4 is 10.6 Å². The third kappa shape index (κ3) is 7.62. The zero-order valence-corrected chi connectivity index (χ0v) is 25.3. The molecular weight excluding hydrogens is 607 g/mol. The Morgan fingerprint density at radius 3 is 2.51 bits per heavy atom. The second-order valence-corrected chi connectivity index (χ2v) is 15.0. The van der Waals surface area contributed by atoms with Crippen molar-refractivity contribution in [3.8, 4) is 0 Å². The minimum absolute atomic E-state index is 0.0000767. The average Bonchev–Trinajstić information content (AvgIpc) is 3.50. The lowest BCUT2D eigenvalue weighted by atomic mass is 10.0. The van der Waals surface area contributed by atoms with Crippen LogP contribution >= 0.6 is 58.0 Å². The maximum atomic E-state index is 12.9. The molecule has 0 saturated carbocycles. The number of fused-ring (bicyclic) bond motifs is 1. The van der Waals surface area contributed by atoms with Crippen LogP contribution in [-0.4, -0.2) is 88.6 Å². The van der Waals surface area contributed by atoms with Gasteiger partial charge in [0, 0.05) is 11.5 Å². The quantitative estimate of drug-likeness (QED) is 0.257. The van der Waals surface area contributed by atoms with E-state index in [2.05, 4.69) is 31.0 Å². The molecule has 2 aromatic heterocycles. The van der Waals surface area contributed by atoms with Crippen LogP contribution in [0.3, 0.4) is 0 Å². The van der Waals surface area contributed by atoms with Crippen molar-refractivity contribution in [3.05, 3.63) is 21.3 Å². The van der Waals surface area contributed by atoms with Gasteiger partial charge in [0.2, 0.25) is 5.91 Å². The fourth-order valence-corrected chi connectivity index (χ4v) is 8.40. The maximum Gasteiger partial charge on any atom is 0.408 e. The van der Waals surface area contributed by atoms with E-state index >= 15 is 0 Å². The van der Waals surface area contributed by atoms with Crippen LogP contribution in [0.1, 0.15) is 30.8 Å². The molecule has 13 nitrogen and oxygen atoms in total. The lowest BCUT2D eigenvalue weighted by molar-refractivity contribution is -0.150. The van der Waals surface area contributed by atoms with Crippen LogP contribution in [0, 0.1) is 6.92 Å². The summed E-state index contributed by atoms with van der Waals surface area (Å²) in [4.78, 5) is 50.5. The van der Waals surface area contributed by atoms with E-state index in [0.717, 1.165) is 21.1 Å². The normalized spacial score (nSPS) is 18.9. The third-order valence-electron chi connectivity index (χ3n) is 5.00. The maximum absolute atomic E-state index is 12.9. The number of nitrogens with zero attached hydrogens (tertiary/aromatic N) is 5. The number of carboxylic acids is 1. The molecule has 0 bridgehead atoms. The van der Waals surface area contributed by atoms with Crippen molar-refractivity contribution in [2.24, 2.45) is 0 Å². The molecular formula is C21H25N7O6S5. The summed E-state index contributed by atoms with van der Waals surface area (Å²) in [6, 6.07) is -0.805. The monoisotopic (exact) mass is 631 g/mol. The Kier molecular flexibility index (Phi) is 9.41. The Balaban J connectivity index is 1.26. The second kappa shape index (κ2) is 12.4. The first kappa shape index (κ1) is 29.6. The number of alkyl carbamates (subject to hydrolysis) is 1. The summed E-state index contributed by atoms with van der Waals surface area (Å²) < 4.78 is 6.44. The van der Waals surface area contributed by atoms with Gasteiger partial charge in [0.15, 0.2) is 8.68 Å². The molecule has 39 heavy (non-hydrogen) atoms. The molecule has 0 aliphatic carbocycles. The van der Waals surface area contributed by atoms with Crippen LogP contribution in [0.4, 0.5) is 4.79 Å². The van der Waals surface area contributed by atoms with E-state index in [9.17, 15) is 24.3 Å². The molecule has 1 unspecified atom stereocenters. The molecule has 3 amide bonds. The predicted molar refractivity (Wildman–Crippen MR) is 149 cm³/mol. The van der Waals surface area contributed by atoms with Gasteiger partial charge in [-0.15, -0.1) is 32.2 Å². The summed E-state index contributed by atoms with van der Waals surface area (Å²) in [5.41, 5.74) is -0.0113. The Labute approximate surface area is 244 Å². The molecule has 3 N–H and O–H groups in total. The summed E-state index contributed by atoms with van der Waals surface area (Å²) in [5.74, 6) is -1.21. The van der Waals surface area contributed by atoms with Crippen molar-refractivity contribution in [1.29, 1.82) is 0 Å². The number of hydrogen-bond donors (Lipinski definition) is 3. The van der Waals surface area contributed by atoms with Gasteiger partial charge in [-0.05, 0) is 33.3 Å². The summed E-state index contributed by atoms with van der Waals surface area (Å²) in [7, 11) is 0. The van der Waals surface area contributed by atoms with Crippen LogP contribution in [0.5, 0.6) is 0 Å². The van der Waals surface area contributed by atoms with Crippen molar-refractivity contribution in [2.75, 3.05) is 17.3 Å². The number of aliphatic carboxylic acids is 1. The highest BCUT2D eigenvalue weighted by Gasteiger charge is 2.54. The fourth-order valence-electron chi connectivity index (χ4n) is 3.45. The van der Waals surface area contributed by atoms with E-state index in [0.29, 0.717) is 26.4 Å². The number of carbonyl (C=O) groups is 4. The van der Waals surface area contributed by atoms with Crippen molar-refractivity contribution in [1.82, 2.24) is 35.9 Å². The van der Waals surface area contributed by atoms with E-state index in [4.69, 9.17) is 4.74 Å². The van der Waals surface area contributed by atoms with Gasteiger partial charge in [0.05, 0.1) is 12.3 Å². The Hall–Kier alpha value is -2.41. The van der Waals surface area contributed by atoms with Crippen LogP contribution in [0.25, 0.3) is 0 Å². The van der Waals surface area contributed by atoms with Gasteiger partial charge in [-0.25, -0.2) is 9.59 Å². The van der Waals surface area contributed by atoms with Gasteiger partial charge in [0.1, 0.15) is 32.7 Å². The Bertz CT molecular complexity index is 1310. The van der Waals surface area contributed by atoms with Crippen LogP contribution in [0.15, 0.2) is 19.9 Å². The number of β-lactam (4-membered cyclic amide) rings is 1. The fraction of sp³-hybridized carbons (Fsp3) is 0.524. The molecule has 210 valence electrons. The summed E-state index contributed by atoms with van der Waals surface area (Å²) in [5, 5.41) is 32.0. The highest BCUT2D eigenvalue weighted by molar-refractivity contribution is 8.02. The van der Waals surface area contributed by atoms with E-state index < -0.39 is 35.0 Å². The topological polar surface area (TPSA) is 177 Å². The minimum Gasteiger partial charge on any atom is -0.477 e. The number of nitrogens with one attached hydrogen (secondary N) is 2. The smallest absolute Gasteiger partial charge is 0.408 e. The number of thioether (sulfide) groups is 3. The van der Waals surface area contributed by atoms with Crippen LogP contribution in [-0.2, 0) is 25.7 Å². The van der Waals surface area contributed by atoms with Gasteiger partial charge in [-0.3, -0.25) is 14.5 Å². The van der Waals surface area contributed by atoms with Crippen molar-refractivity contribution >= 4 is 81.8 Å². The van der Waals surface area contributed by atoms with Gasteiger partial charge >= 0.3 is 12.1 Å². The minimum atomic E-state index is -1.17. The molecule has 1 saturated heterocycles. The second-order valence-electron chi connectivity index (χ2n) is 9.19. The molecule has 2 aliphatic rings. The highest BCUT2D eigenvalue weighted by atomic mass is 32.2. The molecule has 1 fully saturated rings. The SMILES string of the molecule is Cc1nnc(SCC2=C(C(=O)O)N3C(=O)C(NC(=O)CSc4nnc(CNC(=O)OC(C)(C)C)s4)[C@H]3SC2)s1. The Morgan fingerprint density at radius 1 is 1.13 bits per heavy atom. The lowest BCUT2D eigenvalue weighted by Gasteiger charge is -2.49. The first-order chi connectivity index (χ1) is 18.4. The highest BCUT2D eigenvalue weighted by Crippen LogP contribution is 2.41. The molecule has 0 aromatic carbocycles. The average molecular weight is 632 g/mol. The zero-order valence-electron chi connectivity index (χ0n) is 21.2.